The molecule has 2 aromatic heterocycles. The smallest absolute Gasteiger partial charge is 0.268 e. The summed E-state index contributed by atoms with van der Waals surface area (Å²) >= 11 is 1.59. The lowest BCUT2D eigenvalue weighted by molar-refractivity contribution is 0.0816. The Labute approximate surface area is 134 Å². The molecule has 0 aliphatic heterocycles. The minimum absolute atomic E-state index is 0.0357. The number of aryl methyl sites for hydroxylation is 2. The van der Waals surface area contributed by atoms with Crippen LogP contribution in [0.4, 0.5) is 0 Å². The summed E-state index contributed by atoms with van der Waals surface area (Å²) in [5, 5.41) is 15.6. The number of thiazole rings is 1. The number of aromatic nitrogens is 2. The number of hydrogen-bond donors (Lipinski definition) is 2. The number of aliphatic hydroxyl groups excluding tert-OH is 1. The first-order chi connectivity index (χ1) is 10.4. The Hall–Kier alpha value is -1.66. The van der Waals surface area contributed by atoms with Crippen LogP contribution in [0, 0.1) is 12.8 Å². The lowest BCUT2D eigenvalue weighted by Crippen LogP contribution is -2.51. The van der Waals surface area contributed by atoms with Crippen molar-refractivity contribution in [3.8, 4) is 11.3 Å². The van der Waals surface area contributed by atoms with Crippen molar-refractivity contribution in [3.05, 3.63) is 28.3 Å². The van der Waals surface area contributed by atoms with Crippen molar-refractivity contribution in [1.82, 2.24) is 14.9 Å². The molecule has 6 heteroatoms. The van der Waals surface area contributed by atoms with Gasteiger partial charge in [0.25, 0.3) is 5.91 Å². The number of hydrogen-bond acceptors (Lipinski definition) is 4. The normalized spacial score (nSPS) is 17.3. The Morgan fingerprint density at radius 1 is 1.59 bits per heavy atom. The van der Waals surface area contributed by atoms with Crippen molar-refractivity contribution in [3.63, 3.8) is 0 Å². The molecule has 1 aliphatic rings. The van der Waals surface area contributed by atoms with E-state index in [1.165, 1.54) is 0 Å². The molecule has 1 unspecified atom stereocenters. The molecule has 1 atom stereocenters. The molecule has 0 bridgehead atoms. The summed E-state index contributed by atoms with van der Waals surface area (Å²) in [5.74, 6) is 0.228. The average molecular weight is 319 g/mol. The van der Waals surface area contributed by atoms with Crippen molar-refractivity contribution in [2.45, 2.75) is 32.2 Å². The highest BCUT2D eigenvalue weighted by Gasteiger charge is 2.42. The van der Waals surface area contributed by atoms with Crippen LogP contribution in [0.2, 0.25) is 0 Å². The standard InChI is InChI=1S/C16H21N3O2S/c1-10-17-13(8-22-10)11-6-14(19(3)7-11)15(21)18-16(2,9-20)12-4-5-12/h6-8,12,20H,4-5,9H2,1-3H3,(H,18,21). The molecule has 3 rings (SSSR count). The van der Waals surface area contributed by atoms with Crippen LogP contribution in [-0.2, 0) is 7.05 Å². The highest BCUT2D eigenvalue weighted by molar-refractivity contribution is 7.09. The van der Waals surface area contributed by atoms with E-state index in [2.05, 4.69) is 10.3 Å². The molecule has 1 fully saturated rings. The summed E-state index contributed by atoms with van der Waals surface area (Å²) < 4.78 is 1.81. The van der Waals surface area contributed by atoms with E-state index < -0.39 is 5.54 Å². The van der Waals surface area contributed by atoms with Gasteiger partial charge in [-0.25, -0.2) is 4.98 Å². The number of carbonyl (C=O) groups excluding carboxylic acids is 1. The first-order valence-corrected chi connectivity index (χ1v) is 8.33. The molecular formula is C16H21N3O2S. The first-order valence-electron chi connectivity index (χ1n) is 7.45. The number of rotatable bonds is 5. The fourth-order valence-electron chi connectivity index (χ4n) is 2.74. The molecule has 2 aromatic rings. The first kappa shape index (κ1) is 15.2. The minimum Gasteiger partial charge on any atom is -0.394 e. The molecular weight excluding hydrogens is 298 g/mol. The molecule has 1 amide bonds. The monoisotopic (exact) mass is 319 g/mol. The number of nitrogens with one attached hydrogen (secondary N) is 1. The van der Waals surface area contributed by atoms with Crippen LogP contribution in [0.5, 0.6) is 0 Å². The van der Waals surface area contributed by atoms with E-state index in [0.29, 0.717) is 11.6 Å². The number of carbonyl (C=O) groups is 1. The lowest BCUT2D eigenvalue weighted by Gasteiger charge is -2.28. The van der Waals surface area contributed by atoms with Gasteiger partial charge >= 0.3 is 0 Å². The van der Waals surface area contributed by atoms with Gasteiger partial charge < -0.3 is 15.0 Å². The van der Waals surface area contributed by atoms with Gasteiger partial charge in [0.1, 0.15) is 5.69 Å². The summed E-state index contributed by atoms with van der Waals surface area (Å²) in [7, 11) is 1.85. The molecule has 5 nitrogen and oxygen atoms in total. The third-order valence-electron chi connectivity index (χ3n) is 4.36. The molecule has 1 saturated carbocycles. The summed E-state index contributed by atoms with van der Waals surface area (Å²) in [6, 6.07) is 1.86. The predicted octanol–water partition coefficient (Wildman–Crippen LogP) is 2.35. The Morgan fingerprint density at radius 2 is 2.32 bits per heavy atom. The maximum Gasteiger partial charge on any atom is 0.268 e. The van der Waals surface area contributed by atoms with Gasteiger partial charge in [0.15, 0.2) is 0 Å². The van der Waals surface area contributed by atoms with Gasteiger partial charge in [0, 0.05) is 24.2 Å². The molecule has 22 heavy (non-hydrogen) atoms. The van der Waals surface area contributed by atoms with Gasteiger partial charge in [-0.15, -0.1) is 11.3 Å². The van der Waals surface area contributed by atoms with Crippen LogP contribution in [0.15, 0.2) is 17.6 Å². The fourth-order valence-corrected chi connectivity index (χ4v) is 3.36. The zero-order chi connectivity index (χ0) is 15.9. The zero-order valence-corrected chi connectivity index (χ0v) is 13.9. The SMILES string of the molecule is Cc1nc(-c2cc(C(=O)NC(C)(CO)C3CC3)n(C)c2)cs1. The highest BCUT2D eigenvalue weighted by Crippen LogP contribution is 2.39. The van der Waals surface area contributed by atoms with E-state index in [1.54, 1.807) is 11.3 Å². The second kappa shape index (κ2) is 5.52. The second-order valence-electron chi connectivity index (χ2n) is 6.28. The summed E-state index contributed by atoms with van der Waals surface area (Å²) in [5.41, 5.74) is 1.89. The van der Waals surface area contributed by atoms with Gasteiger partial charge in [0.2, 0.25) is 0 Å². The molecule has 0 saturated heterocycles. The van der Waals surface area contributed by atoms with Crippen molar-refractivity contribution in [1.29, 1.82) is 0 Å². The maximum absolute atomic E-state index is 12.6. The minimum atomic E-state index is -0.529. The molecule has 0 spiro atoms. The largest absolute Gasteiger partial charge is 0.394 e. The number of nitrogens with zero attached hydrogens (tertiary/aromatic N) is 2. The van der Waals surface area contributed by atoms with Crippen LogP contribution in [-0.4, -0.2) is 32.7 Å². The van der Waals surface area contributed by atoms with Crippen molar-refractivity contribution in [2.75, 3.05) is 6.61 Å². The summed E-state index contributed by atoms with van der Waals surface area (Å²) in [6.07, 6.45) is 4.04. The maximum atomic E-state index is 12.6. The van der Waals surface area contributed by atoms with Gasteiger partial charge in [0.05, 0.1) is 22.8 Å². The van der Waals surface area contributed by atoms with Crippen LogP contribution in [0.25, 0.3) is 11.3 Å². The van der Waals surface area contributed by atoms with Gasteiger partial charge in [-0.1, -0.05) is 0 Å². The van der Waals surface area contributed by atoms with Crippen molar-refractivity contribution in [2.24, 2.45) is 13.0 Å². The van der Waals surface area contributed by atoms with Gasteiger partial charge in [-0.3, -0.25) is 4.79 Å². The molecule has 118 valence electrons. The summed E-state index contributed by atoms with van der Waals surface area (Å²) in [6.45, 7) is 3.84. The molecule has 0 aromatic carbocycles. The van der Waals surface area contributed by atoms with E-state index in [9.17, 15) is 9.90 Å². The Balaban J connectivity index is 1.82. The van der Waals surface area contributed by atoms with Crippen LogP contribution < -0.4 is 5.32 Å². The van der Waals surface area contributed by atoms with Gasteiger partial charge in [-0.05, 0) is 38.7 Å². The number of amides is 1. The Kier molecular flexibility index (Phi) is 3.82. The quantitative estimate of drug-likeness (QED) is 0.889. The lowest BCUT2D eigenvalue weighted by atomic mass is 9.97. The summed E-state index contributed by atoms with van der Waals surface area (Å²) in [4.78, 5) is 17.0. The molecule has 0 radical (unpaired) electrons. The van der Waals surface area contributed by atoms with E-state index in [4.69, 9.17) is 0 Å². The van der Waals surface area contributed by atoms with E-state index >= 15 is 0 Å². The van der Waals surface area contributed by atoms with Crippen LogP contribution >= 0.6 is 11.3 Å². The fraction of sp³-hybridized carbons (Fsp3) is 0.500. The Morgan fingerprint density at radius 3 is 2.86 bits per heavy atom. The predicted molar refractivity (Wildman–Crippen MR) is 86.9 cm³/mol. The second-order valence-corrected chi connectivity index (χ2v) is 7.34. The van der Waals surface area contributed by atoms with E-state index in [0.717, 1.165) is 29.1 Å². The van der Waals surface area contributed by atoms with E-state index in [1.807, 2.05) is 43.1 Å². The average Bonchev–Trinajstić information content (AvgIpc) is 3.15. The van der Waals surface area contributed by atoms with Crippen LogP contribution in [0.3, 0.4) is 0 Å². The number of aliphatic hydroxyl groups is 1. The highest BCUT2D eigenvalue weighted by atomic mass is 32.1. The Bertz CT molecular complexity index is 702. The van der Waals surface area contributed by atoms with E-state index in [-0.39, 0.29) is 12.5 Å². The third kappa shape index (κ3) is 2.80. The molecule has 2 heterocycles. The topological polar surface area (TPSA) is 67.2 Å². The zero-order valence-electron chi connectivity index (χ0n) is 13.1. The van der Waals surface area contributed by atoms with Crippen molar-refractivity contribution >= 4 is 17.2 Å². The van der Waals surface area contributed by atoms with Gasteiger partial charge in [-0.2, -0.15) is 0 Å². The molecule has 1 aliphatic carbocycles. The van der Waals surface area contributed by atoms with Crippen LogP contribution in [0.1, 0.15) is 35.3 Å². The van der Waals surface area contributed by atoms with Crippen molar-refractivity contribution < 1.29 is 9.90 Å². The molecule has 2 N–H and O–H groups in total. The third-order valence-corrected chi connectivity index (χ3v) is 5.13.